The van der Waals surface area contributed by atoms with Gasteiger partial charge >= 0.3 is 5.97 Å². The zero-order valence-corrected chi connectivity index (χ0v) is 9.72. The van der Waals surface area contributed by atoms with E-state index >= 15 is 0 Å². The molecule has 0 aromatic carbocycles. The fraction of sp³-hybridized carbons (Fsp3) is 0.500. The van der Waals surface area contributed by atoms with Crippen LogP contribution in [0.25, 0.3) is 0 Å². The number of hydrogen-bond donors (Lipinski definition) is 2. The lowest BCUT2D eigenvalue weighted by atomic mass is 10.3. The highest BCUT2D eigenvalue weighted by Gasteiger charge is 2.10. The number of aromatic nitrogens is 1. The van der Waals surface area contributed by atoms with Crippen molar-refractivity contribution >= 4 is 11.8 Å². The third-order valence-electron chi connectivity index (χ3n) is 2.94. The molecule has 17 heavy (non-hydrogen) atoms. The zero-order chi connectivity index (χ0) is 12.1. The topological polar surface area (TPSA) is 65.5 Å². The SMILES string of the molecule is O=C(O)c1ccc(NCCN2CCCC2)nc1. The summed E-state index contributed by atoms with van der Waals surface area (Å²) in [6.07, 6.45) is 3.97. The Morgan fingerprint density at radius 2 is 2.18 bits per heavy atom. The summed E-state index contributed by atoms with van der Waals surface area (Å²) in [5.74, 6) is -0.213. The molecule has 0 aliphatic carbocycles. The molecule has 0 bridgehead atoms. The molecule has 1 aromatic heterocycles. The minimum absolute atomic E-state index is 0.218. The summed E-state index contributed by atoms with van der Waals surface area (Å²) in [4.78, 5) is 17.1. The number of nitrogens with one attached hydrogen (secondary N) is 1. The zero-order valence-electron chi connectivity index (χ0n) is 9.72. The van der Waals surface area contributed by atoms with E-state index in [1.807, 2.05) is 0 Å². The summed E-state index contributed by atoms with van der Waals surface area (Å²) in [6.45, 7) is 4.24. The van der Waals surface area contributed by atoms with Gasteiger partial charge in [0.15, 0.2) is 0 Å². The molecule has 0 spiro atoms. The molecule has 0 unspecified atom stereocenters. The first-order valence-electron chi connectivity index (χ1n) is 5.91. The van der Waals surface area contributed by atoms with Crippen molar-refractivity contribution in [1.82, 2.24) is 9.88 Å². The second-order valence-corrected chi connectivity index (χ2v) is 4.21. The maximum atomic E-state index is 10.6. The highest BCUT2D eigenvalue weighted by Crippen LogP contribution is 2.07. The molecule has 1 aliphatic rings. The van der Waals surface area contributed by atoms with Gasteiger partial charge in [0.2, 0.25) is 0 Å². The Morgan fingerprint density at radius 3 is 2.76 bits per heavy atom. The van der Waals surface area contributed by atoms with E-state index in [0.29, 0.717) is 0 Å². The molecule has 2 N–H and O–H groups in total. The number of rotatable bonds is 5. The molecular weight excluding hydrogens is 218 g/mol. The Hall–Kier alpha value is -1.62. The molecule has 1 aliphatic heterocycles. The minimum atomic E-state index is -0.943. The molecule has 5 heteroatoms. The van der Waals surface area contributed by atoms with Gasteiger partial charge < -0.3 is 15.3 Å². The van der Waals surface area contributed by atoms with Crippen LogP contribution in [0.2, 0.25) is 0 Å². The van der Waals surface area contributed by atoms with Gasteiger partial charge in [-0.15, -0.1) is 0 Å². The highest BCUT2D eigenvalue weighted by atomic mass is 16.4. The van der Waals surface area contributed by atoms with Crippen LogP contribution in [-0.2, 0) is 0 Å². The number of pyridine rings is 1. The van der Waals surface area contributed by atoms with Gasteiger partial charge in [0, 0.05) is 19.3 Å². The number of carboxylic acid groups (broad SMARTS) is 1. The van der Waals surface area contributed by atoms with Gasteiger partial charge in [-0.05, 0) is 38.1 Å². The Morgan fingerprint density at radius 1 is 1.41 bits per heavy atom. The molecule has 0 saturated carbocycles. The number of carboxylic acids is 1. The van der Waals surface area contributed by atoms with E-state index < -0.39 is 5.97 Å². The normalized spacial score (nSPS) is 16.0. The van der Waals surface area contributed by atoms with E-state index in [4.69, 9.17) is 5.11 Å². The predicted molar refractivity (Wildman–Crippen MR) is 65.4 cm³/mol. The second kappa shape index (κ2) is 5.63. The van der Waals surface area contributed by atoms with Crippen molar-refractivity contribution in [2.45, 2.75) is 12.8 Å². The third kappa shape index (κ3) is 3.42. The first-order valence-corrected chi connectivity index (χ1v) is 5.91. The van der Waals surface area contributed by atoms with Crippen molar-refractivity contribution in [2.75, 3.05) is 31.5 Å². The smallest absolute Gasteiger partial charge is 0.337 e. The first kappa shape index (κ1) is 11.9. The highest BCUT2D eigenvalue weighted by molar-refractivity contribution is 5.87. The Labute approximate surface area is 100 Å². The second-order valence-electron chi connectivity index (χ2n) is 4.21. The molecule has 5 nitrogen and oxygen atoms in total. The molecule has 92 valence electrons. The van der Waals surface area contributed by atoms with Crippen molar-refractivity contribution in [3.8, 4) is 0 Å². The molecule has 1 aromatic rings. The van der Waals surface area contributed by atoms with Gasteiger partial charge in [0.05, 0.1) is 5.56 Å². The molecule has 0 radical (unpaired) electrons. The molecule has 0 amide bonds. The van der Waals surface area contributed by atoms with Crippen LogP contribution in [0.15, 0.2) is 18.3 Å². The van der Waals surface area contributed by atoms with E-state index in [1.165, 1.54) is 32.1 Å². The molecule has 0 atom stereocenters. The molecule has 1 saturated heterocycles. The van der Waals surface area contributed by atoms with Crippen LogP contribution < -0.4 is 5.32 Å². The summed E-state index contributed by atoms with van der Waals surface area (Å²) >= 11 is 0. The van der Waals surface area contributed by atoms with Gasteiger partial charge in [-0.2, -0.15) is 0 Å². The van der Waals surface area contributed by atoms with E-state index in [1.54, 1.807) is 12.1 Å². The van der Waals surface area contributed by atoms with Crippen LogP contribution in [0, 0.1) is 0 Å². The van der Waals surface area contributed by atoms with E-state index in [9.17, 15) is 4.79 Å². The fourth-order valence-corrected chi connectivity index (χ4v) is 1.97. The van der Waals surface area contributed by atoms with Gasteiger partial charge in [0.1, 0.15) is 5.82 Å². The van der Waals surface area contributed by atoms with Crippen molar-refractivity contribution in [1.29, 1.82) is 0 Å². The standard InChI is InChI=1S/C12H17N3O2/c16-12(17)10-3-4-11(14-9-10)13-5-8-15-6-1-2-7-15/h3-4,9H,1-2,5-8H2,(H,13,14)(H,16,17). The lowest BCUT2D eigenvalue weighted by molar-refractivity contribution is 0.0696. The maximum Gasteiger partial charge on any atom is 0.337 e. The fourth-order valence-electron chi connectivity index (χ4n) is 1.97. The number of aromatic carboxylic acids is 1. The summed E-state index contributed by atoms with van der Waals surface area (Å²) in [5, 5.41) is 11.9. The molecule has 2 rings (SSSR count). The number of nitrogens with zero attached hydrogens (tertiary/aromatic N) is 2. The lowest BCUT2D eigenvalue weighted by Crippen LogP contribution is -2.26. The van der Waals surface area contributed by atoms with Crippen molar-refractivity contribution < 1.29 is 9.90 Å². The molecular formula is C12H17N3O2. The summed E-state index contributed by atoms with van der Waals surface area (Å²) in [7, 11) is 0. The number of hydrogen-bond acceptors (Lipinski definition) is 4. The Bertz CT molecular complexity index is 372. The number of anilines is 1. The quantitative estimate of drug-likeness (QED) is 0.805. The van der Waals surface area contributed by atoms with Crippen LogP contribution >= 0.6 is 0 Å². The van der Waals surface area contributed by atoms with Gasteiger partial charge in [-0.1, -0.05) is 0 Å². The van der Waals surface area contributed by atoms with Crippen molar-refractivity contribution in [2.24, 2.45) is 0 Å². The van der Waals surface area contributed by atoms with Crippen LogP contribution in [0.1, 0.15) is 23.2 Å². The Balaban J connectivity index is 1.76. The number of carbonyl (C=O) groups is 1. The van der Waals surface area contributed by atoms with E-state index in [2.05, 4.69) is 15.2 Å². The van der Waals surface area contributed by atoms with Crippen LogP contribution in [-0.4, -0.2) is 47.1 Å². The Kier molecular flexibility index (Phi) is 3.93. The largest absolute Gasteiger partial charge is 0.478 e. The first-order chi connectivity index (χ1) is 8.25. The summed E-state index contributed by atoms with van der Waals surface area (Å²) < 4.78 is 0. The maximum absolute atomic E-state index is 10.6. The minimum Gasteiger partial charge on any atom is -0.478 e. The molecule has 1 fully saturated rings. The van der Waals surface area contributed by atoms with Gasteiger partial charge in [0.25, 0.3) is 0 Å². The van der Waals surface area contributed by atoms with Crippen molar-refractivity contribution in [3.63, 3.8) is 0 Å². The molecule has 2 heterocycles. The predicted octanol–water partition coefficient (Wildman–Crippen LogP) is 1.29. The van der Waals surface area contributed by atoms with Crippen molar-refractivity contribution in [3.05, 3.63) is 23.9 Å². The monoisotopic (exact) mass is 235 g/mol. The van der Waals surface area contributed by atoms with E-state index in [-0.39, 0.29) is 5.56 Å². The van der Waals surface area contributed by atoms with E-state index in [0.717, 1.165) is 18.9 Å². The summed E-state index contributed by atoms with van der Waals surface area (Å²) in [6, 6.07) is 3.26. The van der Waals surface area contributed by atoms with Crippen LogP contribution in [0.5, 0.6) is 0 Å². The average molecular weight is 235 g/mol. The third-order valence-corrected chi connectivity index (χ3v) is 2.94. The van der Waals surface area contributed by atoms with Gasteiger partial charge in [-0.25, -0.2) is 9.78 Å². The summed E-state index contributed by atoms with van der Waals surface area (Å²) in [5.41, 5.74) is 0.218. The van der Waals surface area contributed by atoms with Crippen LogP contribution in [0.3, 0.4) is 0 Å². The van der Waals surface area contributed by atoms with Crippen LogP contribution in [0.4, 0.5) is 5.82 Å². The average Bonchev–Trinajstić information content (AvgIpc) is 2.83. The number of likely N-dealkylation sites (tertiary alicyclic amines) is 1. The van der Waals surface area contributed by atoms with Gasteiger partial charge in [-0.3, -0.25) is 0 Å². The lowest BCUT2D eigenvalue weighted by Gasteiger charge is -2.14.